The number of carboxylic acids is 1. The monoisotopic (exact) mass is 357 g/mol. The molecule has 1 fully saturated rings. The Balaban J connectivity index is 1.76. The number of alkyl halides is 1. The van der Waals surface area contributed by atoms with E-state index in [1.165, 1.54) is 6.07 Å². The number of ether oxygens (including phenoxy) is 2. The van der Waals surface area contributed by atoms with Crippen molar-refractivity contribution in [1.82, 2.24) is 4.90 Å². The third-order valence-corrected chi connectivity index (χ3v) is 5.17. The highest BCUT2D eigenvalue weighted by Crippen LogP contribution is 2.44. The SMILES string of the molecule is Cc1c(C(=O)O)cc(Cl)c2c1O[C@@H](C1CCN(CCF)CC1)CO2. The van der Waals surface area contributed by atoms with Crippen molar-refractivity contribution in [2.75, 3.05) is 32.9 Å². The second-order valence-corrected chi connectivity index (χ2v) is 6.74. The molecule has 1 aromatic carbocycles. The number of carboxylic acid groups (broad SMARTS) is 1. The molecule has 0 radical (unpaired) electrons. The summed E-state index contributed by atoms with van der Waals surface area (Å²) in [5.41, 5.74) is 0.655. The van der Waals surface area contributed by atoms with Crippen LogP contribution in [0.5, 0.6) is 11.5 Å². The molecule has 2 heterocycles. The molecular formula is C17H21ClFNO4. The minimum atomic E-state index is -1.04. The molecule has 0 amide bonds. The van der Waals surface area contributed by atoms with Gasteiger partial charge in [0.1, 0.15) is 19.4 Å². The Bertz CT molecular complexity index is 632. The van der Waals surface area contributed by atoms with Gasteiger partial charge in [-0.3, -0.25) is 0 Å². The van der Waals surface area contributed by atoms with Crippen molar-refractivity contribution in [2.45, 2.75) is 25.9 Å². The summed E-state index contributed by atoms with van der Waals surface area (Å²) in [6.07, 6.45) is 1.69. The summed E-state index contributed by atoms with van der Waals surface area (Å²) in [5, 5.41) is 9.55. The summed E-state index contributed by atoms with van der Waals surface area (Å²) in [7, 11) is 0. The van der Waals surface area contributed by atoms with Gasteiger partial charge in [0.25, 0.3) is 0 Å². The van der Waals surface area contributed by atoms with Gasteiger partial charge in [0.15, 0.2) is 11.5 Å². The fourth-order valence-corrected chi connectivity index (χ4v) is 3.70. The van der Waals surface area contributed by atoms with Gasteiger partial charge in [-0.05, 0) is 38.9 Å². The van der Waals surface area contributed by atoms with Crippen LogP contribution in [-0.4, -0.2) is 55.0 Å². The molecule has 0 spiro atoms. The van der Waals surface area contributed by atoms with Crippen LogP contribution in [0.15, 0.2) is 6.07 Å². The zero-order valence-electron chi connectivity index (χ0n) is 13.6. The van der Waals surface area contributed by atoms with Gasteiger partial charge in [-0.25, -0.2) is 9.18 Å². The molecule has 24 heavy (non-hydrogen) atoms. The van der Waals surface area contributed by atoms with Gasteiger partial charge in [0.05, 0.1) is 10.6 Å². The maximum absolute atomic E-state index is 12.4. The van der Waals surface area contributed by atoms with Crippen molar-refractivity contribution in [3.8, 4) is 11.5 Å². The highest BCUT2D eigenvalue weighted by Gasteiger charge is 2.34. The molecule has 1 N–H and O–H groups in total. The van der Waals surface area contributed by atoms with Crippen LogP contribution >= 0.6 is 11.6 Å². The van der Waals surface area contributed by atoms with Crippen molar-refractivity contribution in [3.05, 3.63) is 22.2 Å². The van der Waals surface area contributed by atoms with E-state index in [1.54, 1.807) is 6.92 Å². The van der Waals surface area contributed by atoms with Gasteiger partial charge in [0.2, 0.25) is 0 Å². The average molecular weight is 358 g/mol. The number of carbonyl (C=O) groups is 1. The molecular weight excluding hydrogens is 337 g/mol. The molecule has 7 heteroatoms. The van der Waals surface area contributed by atoms with Crippen molar-refractivity contribution >= 4 is 17.6 Å². The lowest BCUT2D eigenvalue weighted by Crippen LogP contribution is -2.44. The average Bonchev–Trinajstić information content (AvgIpc) is 2.58. The van der Waals surface area contributed by atoms with Crippen LogP contribution in [0.1, 0.15) is 28.8 Å². The van der Waals surface area contributed by atoms with Gasteiger partial charge in [0, 0.05) is 18.0 Å². The smallest absolute Gasteiger partial charge is 0.336 e. The molecule has 2 aliphatic rings. The molecule has 2 aliphatic heterocycles. The van der Waals surface area contributed by atoms with Crippen molar-refractivity contribution < 1.29 is 23.8 Å². The number of rotatable bonds is 4. The van der Waals surface area contributed by atoms with E-state index in [0.29, 0.717) is 36.1 Å². The number of benzene rings is 1. The summed E-state index contributed by atoms with van der Waals surface area (Å²) in [6.45, 7) is 3.94. The van der Waals surface area contributed by atoms with Crippen LogP contribution in [0.25, 0.3) is 0 Å². The van der Waals surface area contributed by atoms with E-state index < -0.39 is 5.97 Å². The fraction of sp³-hybridized carbons (Fsp3) is 0.588. The van der Waals surface area contributed by atoms with E-state index in [1.807, 2.05) is 0 Å². The molecule has 0 aromatic heterocycles. The van der Waals surface area contributed by atoms with E-state index in [9.17, 15) is 14.3 Å². The number of nitrogens with zero attached hydrogens (tertiary/aromatic N) is 1. The number of halogens is 2. The molecule has 132 valence electrons. The van der Waals surface area contributed by atoms with Crippen LogP contribution in [0, 0.1) is 12.8 Å². The zero-order chi connectivity index (χ0) is 17.3. The van der Waals surface area contributed by atoms with Crippen LogP contribution in [0.2, 0.25) is 5.02 Å². The van der Waals surface area contributed by atoms with E-state index >= 15 is 0 Å². The highest BCUT2D eigenvalue weighted by molar-refractivity contribution is 6.32. The standard InChI is InChI=1S/C17H21ClFNO4/c1-10-12(17(21)22)8-13(18)16-15(10)24-14(9-23-16)11-2-5-20(6-3-11)7-4-19/h8,11,14H,2-7,9H2,1H3,(H,21,22)/t14-/m1/s1. The molecule has 5 nitrogen and oxygen atoms in total. The Morgan fingerprint density at radius 3 is 2.75 bits per heavy atom. The molecule has 3 rings (SSSR count). The Kier molecular flexibility index (Phi) is 5.15. The van der Waals surface area contributed by atoms with E-state index in [2.05, 4.69) is 4.90 Å². The highest BCUT2D eigenvalue weighted by atomic mass is 35.5. The summed E-state index contributed by atoms with van der Waals surface area (Å²) >= 11 is 6.14. The Morgan fingerprint density at radius 1 is 1.42 bits per heavy atom. The molecule has 0 bridgehead atoms. The molecule has 1 atom stereocenters. The lowest BCUT2D eigenvalue weighted by Gasteiger charge is -2.38. The Hall–Kier alpha value is -1.53. The van der Waals surface area contributed by atoms with Crippen molar-refractivity contribution in [1.29, 1.82) is 0 Å². The minimum absolute atomic E-state index is 0.126. The fourth-order valence-electron chi connectivity index (χ4n) is 3.45. The van der Waals surface area contributed by atoms with E-state index in [-0.39, 0.29) is 23.4 Å². The topological polar surface area (TPSA) is 59.0 Å². The maximum atomic E-state index is 12.4. The Labute approximate surface area is 145 Å². The lowest BCUT2D eigenvalue weighted by molar-refractivity contribution is 0.0193. The van der Waals surface area contributed by atoms with Crippen molar-refractivity contribution in [3.63, 3.8) is 0 Å². The van der Waals surface area contributed by atoms with Gasteiger partial charge in [-0.1, -0.05) is 11.6 Å². The van der Waals surface area contributed by atoms with Gasteiger partial charge in [-0.15, -0.1) is 0 Å². The molecule has 1 aromatic rings. The largest absolute Gasteiger partial charge is 0.484 e. The lowest BCUT2D eigenvalue weighted by atomic mass is 9.91. The predicted octanol–water partition coefficient (Wildman–Crippen LogP) is 3.17. The summed E-state index contributed by atoms with van der Waals surface area (Å²) in [4.78, 5) is 13.5. The minimum Gasteiger partial charge on any atom is -0.484 e. The first-order valence-electron chi connectivity index (χ1n) is 8.15. The summed E-state index contributed by atoms with van der Waals surface area (Å²) in [5.74, 6) is 0.121. The second kappa shape index (κ2) is 7.15. The molecule has 0 unspecified atom stereocenters. The van der Waals surface area contributed by atoms with Gasteiger partial charge < -0.3 is 19.5 Å². The molecule has 1 saturated heterocycles. The first-order valence-corrected chi connectivity index (χ1v) is 8.53. The van der Waals surface area contributed by atoms with Crippen molar-refractivity contribution in [2.24, 2.45) is 5.92 Å². The number of likely N-dealkylation sites (tertiary alicyclic amines) is 1. The third kappa shape index (κ3) is 3.30. The first-order chi connectivity index (χ1) is 11.5. The molecule has 0 aliphatic carbocycles. The zero-order valence-corrected chi connectivity index (χ0v) is 14.3. The number of piperidine rings is 1. The normalized spacial score (nSPS) is 21.7. The van der Waals surface area contributed by atoms with Gasteiger partial charge >= 0.3 is 5.97 Å². The van der Waals surface area contributed by atoms with Crippen LogP contribution in [0.3, 0.4) is 0 Å². The molecule has 0 saturated carbocycles. The van der Waals surface area contributed by atoms with Crippen LogP contribution < -0.4 is 9.47 Å². The van der Waals surface area contributed by atoms with Crippen LogP contribution in [-0.2, 0) is 0 Å². The summed E-state index contributed by atoms with van der Waals surface area (Å²) < 4.78 is 24.3. The van der Waals surface area contributed by atoms with E-state index in [4.69, 9.17) is 21.1 Å². The number of aromatic carboxylic acids is 1. The van der Waals surface area contributed by atoms with Crippen LogP contribution in [0.4, 0.5) is 4.39 Å². The summed E-state index contributed by atoms with van der Waals surface area (Å²) in [6, 6.07) is 1.40. The van der Waals surface area contributed by atoms with E-state index in [0.717, 1.165) is 25.9 Å². The number of hydrogen-bond donors (Lipinski definition) is 1. The maximum Gasteiger partial charge on any atom is 0.336 e. The predicted molar refractivity (Wildman–Crippen MR) is 88.2 cm³/mol. The quantitative estimate of drug-likeness (QED) is 0.897. The third-order valence-electron chi connectivity index (χ3n) is 4.89. The second-order valence-electron chi connectivity index (χ2n) is 6.33. The first kappa shape index (κ1) is 17.3. The van der Waals surface area contributed by atoms with Gasteiger partial charge in [-0.2, -0.15) is 0 Å². The Morgan fingerprint density at radius 2 is 2.12 bits per heavy atom. The number of hydrogen-bond acceptors (Lipinski definition) is 4. The number of fused-ring (bicyclic) bond motifs is 1.